The van der Waals surface area contributed by atoms with Gasteiger partial charge in [0.1, 0.15) is 0 Å². The molecule has 0 aliphatic carbocycles. The van der Waals surface area contributed by atoms with Gasteiger partial charge < -0.3 is 0 Å². The minimum atomic E-state index is -2.04. The van der Waals surface area contributed by atoms with Gasteiger partial charge in [-0.15, -0.1) is 0 Å². The third-order valence-electron chi connectivity index (χ3n) is 5.48. The molecule has 0 amide bonds. The van der Waals surface area contributed by atoms with Gasteiger partial charge in [-0.25, -0.2) is 0 Å². The summed E-state index contributed by atoms with van der Waals surface area (Å²) in [4.78, 5) is 19.4. The molecule has 0 aliphatic rings. The molecule has 0 aliphatic heterocycles. The van der Waals surface area contributed by atoms with E-state index in [0.29, 0.717) is 0 Å². The van der Waals surface area contributed by atoms with E-state index in [2.05, 4.69) is 90.3 Å². The molecule has 0 saturated carbocycles. The Bertz CT molecular complexity index is 1290. The van der Waals surface area contributed by atoms with Crippen LogP contribution < -0.4 is 5.79 Å². The number of thiophene rings is 3. The molecule has 0 radical (unpaired) electrons. The summed E-state index contributed by atoms with van der Waals surface area (Å²) < 4.78 is 15.7. The molecule has 170 valence electrons. The summed E-state index contributed by atoms with van der Waals surface area (Å²) in [6.45, 7) is 0. The molecule has 0 spiro atoms. The maximum atomic E-state index is 6.26. The van der Waals surface area contributed by atoms with E-state index in [0.717, 1.165) is 32.8 Å². The van der Waals surface area contributed by atoms with E-state index < -0.39 is 36.8 Å². The van der Waals surface area contributed by atoms with Gasteiger partial charge in [0.2, 0.25) is 0 Å². The molecule has 5 aromatic heterocycles. The Morgan fingerprint density at radius 2 is 0.727 bits per heavy atom. The van der Waals surface area contributed by atoms with Crippen LogP contribution in [0, 0.1) is 0 Å². The standard InChI is InChI=1S/C20H10O2S3.6CH3.2Sn/c1-3-17(23-11-1)13-5-7-15(21-13)19-9-10-20(25-19)16-8-6-14(22-16)18-4-2-12-24-18;;;;;;;;/h1-10H;6*1H3;;. The van der Waals surface area contributed by atoms with Crippen LogP contribution in [0.1, 0.15) is 0 Å². The van der Waals surface area contributed by atoms with E-state index in [1.165, 1.54) is 9.75 Å². The summed E-state index contributed by atoms with van der Waals surface area (Å²) in [6.07, 6.45) is 0. The zero-order chi connectivity index (χ0) is 23.4. The molecule has 7 heteroatoms. The Labute approximate surface area is 216 Å². The van der Waals surface area contributed by atoms with Gasteiger partial charge in [0.05, 0.1) is 0 Å². The van der Waals surface area contributed by atoms with Crippen LogP contribution >= 0.6 is 34.0 Å². The quantitative estimate of drug-likeness (QED) is 0.165. The fourth-order valence-corrected chi connectivity index (χ4v) is 17.0. The van der Waals surface area contributed by atoms with Crippen LogP contribution in [0.2, 0.25) is 29.6 Å². The predicted molar refractivity (Wildman–Crippen MR) is 152 cm³/mol. The summed E-state index contributed by atoms with van der Waals surface area (Å²) in [6, 6.07) is 21.7. The Morgan fingerprint density at radius 1 is 0.424 bits per heavy atom. The van der Waals surface area contributed by atoms with Gasteiger partial charge in [-0.3, -0.25) is 0 Å². The second kappa shape index (κ2) is 9.04. The zero-order valence-electron chi connectivity index (χ0n) is 19.8. The van der Waals surface area contributed by atoms with Crippen molar-refractivity contribution < 1.29 is 8.83 Å². The summed E-state index contributed by atoms with van der Waals surface area (Å²) in [7, 11) is 0. The van der Waals surface area contributed by atoms with Crippen LogP contribution in [0.3, 0.4) is 0 Å². The fraction of sp³-hybridized carbons (Fsp3) is 0.231. The van der Waals surface area contributed by atoms with Crippen LogP contribution in [0.15, 0.2) is 69.5 Å². The number of hydrogen-bond acceptors (Lipinski definition) is 5. The summed E-state index contributed by atoms with van der Waals surface area (Å²) >= 11 is 1.44. The molecule has 0 unspecified atom stereocenters. The van der Waals surface area contributed by atoms with E-state index >= 15 is 0 Å². The first-order chi connectivity index (χ1) is 15.6. The molecule has 5 aromatic rings. The van der Waals surface area contributed by atoms with Crippen molar-refractivity contribution in [2.24, 2.45) is 0 Å². The first-order valence-electron chi connectivity index (χ1n) is 11.1. The molecule has 2 nitrogen and oxygen atoms in total. The monoisotopic (exact) mass is 708 g/mol. The Kier molecular flexibility index (Phi) is 6.57. The van der Waals surface area contributed by atoms with E-state index in [9.17, 15) is 0 Å². The molecular weight excluding hydrogens is 678 g/mol. The number of rotatable bonds is 6. The summed E-state index contributed by atoms with van der Waals surface area (Å²) in [5.74, 6) is 3.76. The van der Waals surface area contributed by atoms with Crippen molar-refractivity contribution in [2.75, 3.05) is 0 Å². The Morgan fingerprint density at radius 3 is 1.03 bits per heavy atom. The molecule has 0 saturated heterocycles. The third kappa shape index (κ3) is 5.12. The topological polar surface area (TPSA) is 26.3 Å². The fourth-order valence-electron chi connectivity index (χ4n) is 3.56. The average molecular weight is 706 g/mol. The van der Waals surface area contributed by atoms with Crippen molar-refractivity contribution in [1.29, 1.82) is 0 Å². The van der Waals surface area contributed by atoms with Gasteiger partial charge in [-0.2, -0.15) is 0 Å². The summed E-state index contributed by atoms with van der Waals surface area (Å²) in [5.41, 5.74) is 0. The summed E-state index contributed by atoms with van der Waals surface area (Å²) in [5, 5.41) is 0. The average Bonchev–Trinajstić information content (AvgIpc) is 3.56. The molecule has 5 heterocycles. The molecule has 0 fully saturated rings. The van der Waals surface area contributed by atoms with Gasteiger partial charge in [0, 0.05) is 0 Å². The second-order valence-electron chi connectivity index (χ2n) is 10.3. The molecule has 0 atom stereocenters. The van der Waals surface area contributed by atoms with Crippen LogP contribution in [-0.4, -0.2) is 36.8 Å². The van der Waals surface area contributed by atoms with Crippen LogP contribution in [0.5, 0.6) is 0 Å². The molecule has 33 heavy (non-hydrogen) atoms. The van der Waals surface area contributed by atoms with E-state index in [-0.39, 0.29) is 0 Å². The van der Waals surface area contributed by atoms with Gasteiger partial charge in [-0.1, -0.05) is 0 Å². The van der Waals surface area contributed by atoms with Crippen LogP contribution in [0.25, 0.3) is 42.5 Å². The minimum absolute atomic E-state index is 0.919. The van der Waals surface area contributed by atoms with Gasteiger partial charge in [0.25, 0.3) is 0 Å². The number of hydrogen-bond donors (Lipinski definition) is 0. The van der Waals surface area contributed by atoms with Crippen molar-refractivity contribution in [3.63, 3.8) is 0 Å². The normalized spacial score (nSPS) is 12.5. The van der Waals surface area contributed by atoms with Crippen molar-refractivity contribution in [1.82, 2.24) is 0 Å². The van der Waals surface area contributed by atoms with Crippen molar-refractivity contribution >= 4 is 76.6 Å². The Hall–Kier alpha value is -0.743. The van der Waals surface area contributed by atoms with Crippen LogP contribution in [-0.2, 0) is 0 Å². The molecule has 0 bridgehead atoms. The van der Waals surface area contributed by atoms with Crippen molar-refractivity contribution in [2.45, 2.75) is 29.6 Å². The molecule has 0 aromatic carbocycles. The molecular formula is C26H28O2S3Sn2. The van der Waals surface area contributed by atoms with E-state index in [1.807, 2.05) is 22.7 Å². The van der Waals surface area contributed by atoms with Gasteiger partial charge >= 0.3 is 218 Å². The predicted octanol–water partition coefficient (Wildman–Crippen LogP) is 8.82. The maximum absolute atomic E-state index is 6.26. The third-order valence-corrected chi connectivity index (χ3v) is 27.8. The van der Waals surface area contributed by atoms with Crippen LogP contribution in [0.4, 0.5) is 0 Å². The number of furan rings is 2. The van der Waals surface area contributed by atoms with E-state index in [1.54, 1.807) is 17.1 Å². The SMILES string of the molecule is [CH3][Sn]([CH3])([CH3])[c]1ccc(-c2ccc(-c3ccc(-c4ccc(-c5cc[c]([Sn]([CH3])([CH3])[CH3])s5)o4)s3)o2)s1. The zero-order valence-corrected chi connectivity index (χ0v) is 28.0. The Balaban J connectivity index is 1.36. The van der Waals surface area contributed by atoms with Gasteiger partial charge in [0.15, 0.2) is 0 Å². The van der Waals surface area contributed by atoms with E-state index in [4.69, 9.17) is 8.83 Å². The van der Waals surface area contributed by atoms with Crippen molar-refractivity contribution in [3.8, 4) is 42.5 Å². The first-order valence-corrected chi connectivity index (χ1v) is 33.5. The van der Waals surface area contributed by atoms with Gasteiger partial charge in [-0.05, 0) is 0 Å². The van der Waals surface area contributed by atoms with Crippen molar-refractivity contribution in [3.05, 3.63) is 60.7 Å². The second-order valence-corrected chi connectivity index (χ2v) is 44.4. The molecule has 5 rings (SSSR count). The first kappa shape index (κ1) is 24.0. The molecule has 0 N–H and O–H groups in total.